The zero-order valence-electron chi connectivity index (χ0n) is 13.4. The molecule has 1 aliphatic rings. The predicted molar refractivity (Wildman–Crippen MR) is 91.2 cm³/mol. The first-order valence-electron chi connectivity index (χ1n) is 7.52. The van der Waals surface area contributed by atoms with Crippen LogP contribution in [0.1, 0.15) is 28.0 Å². The summed E-state index contributed by atoms with van der Waals surface area (Å²) in [5.41, 5.74) is 1.77. The maximum absolute atomic E-state index is 12.4. The highest BCUT2D eigenvalue weighted by molar-refractivity contribution is 6.33. The number of carbonyl (C=O) groups is 1. The molecule has 1 N–H and O–H groups in total. The highest BCUT2D eigenvalue weighted by Crippen LogP contribution is 2.38. The summed E-state index contributed by atoms with van der Waals surface area (Å²) in [7, 11) is 1.69. The lowest BCUT2D eigenvalue weighted by molar-refractivity contribution is 0.0950. The van der Waals surface area contributed by atoms with Crippen molar-refractivity contribution in [1.29, 1.82) is 0 Å². The average molecular weight is 370 g/mol. The van der Waals surface area contributed by atoms with Crippen molar-refractivity contribution in [2.24, 2.45) is 7.05 Å². The molecule has 6 nitrogen and oxygen atoms in total. The molecule has 1 aliphatic heterocycles. The molecule has 3 rings (SSSR count). The molecule has 0 aliphatic carbocycles. The standard InChI is InChI=1S/C16H17Cl2N3O3/c1-9-13(15(18)21(2)20-9)16(22)19-8-10-6-11(17)14-12(7-10)23-4-3-5-24-14/h6-7H,3-5,8H2,1-2H3,(H,19,22). The highest BCUT2D eigenvalue weighted by Gasteiger charge is 2.20. The van der Waals surface area contributed by atoms with E-state index in [0.29, 0.717) is 52.7 Å². The van der Waals surface area contributed by atoms with Crippen LogP contribution in [0.2, 0.25) is 10.2 Å². The number of carbonyl (C=O) groups excluding carboxylic acids is 1. The molecule has 0 spiro atoms. The van der Waals surface area contributed by atoms with Crippen molar-refractivity contribution < 1.29 is 14.3 Å². The van der Waals surface area contributed by atoms with Crippen LogP contribution in [0.25, 0.3) is 0 Å². The van der Waals surface area contributed by atoms with Crippen molar-refractivity contribution >= 4 is 29.1 Å². The normalized spacial score (nSPS) is 13.5. The third kappa shape index (κ3) is 3.30. The van der Waals surface area contributed by atoms with Crippen LogP contribution in [0.15, 0.2) is 12.1 Å². The van der Waals surface area contributed by atoms with E-state index < -0.39 is 0 Å². The summed E-state index contributed by atoms with van der Waals surface area (Å²) in [5, 5.41) is 7.74. The SMILES string of the molecule is Cc1nn(C)c(Cl)c1C(=O)NCc1cc(Cl)c2c(c1)OCCCO2. The molecule has 1 aromatic heterocycles. The molecule has 1 aromatic carbocycles. The number of amides is 1. The Morgan fingerprint density at radius 3 is 2.79 bits per heavy atom. The van der Waals surface area contributed by atoms with E-state index in [9.17, 15) is 4.79 Å². The maximum Gasteiger partial charge on any atom is 0.256 e. The molecule has 24 heavy (non-hydrogen) atoms. The quantitative estimate of drug-likeness (QED) is 0.902. The van der Waals surface area contributed by atoms with Crippen LogP contribution in [0.4, 0.5) is 0 Å². The summed E-state index contributed by atoms with van der Waals surface area (Å²) in [5.74, 6) is 0.865. The lowest BCUT2D eigenvalue weighted by Gasteiger charge is -2.12. The number of rotatable bonds is 3. The van der Waals surface area contributed by atoms with Crippen LogP contribution in [0.3, 0.4) is 0 Å². The Kier molecular flexibility index (Phi) is 4.87. The van der Waals surface area contributed by atoms with Crippen molar-refractivity contribution in [2.45, 2.75) is 19.9 Å². The van der Waals surface area contributed by atoms with E-state index in [4.69, 9.17) is 32.7 Å². The van der Waals surface area contributed by atoms with Crippen molar-refractivity contribution in [1.82, 2.24) is 15.1 Å². The van der Waals surface area contributed by atoms with Gasteiger partial charge in [-0.05, 0) is 24.6 Å². The number of fused-ring (bicyclic) bond motifs is 1. The summed E-state index contributed by atoms with van der Waals surface area (Å²) in [6.07, 6.45) is 0.801. The molecule has 2 heterocycles. The minimum absolute atomic E-state index is 0.283. The van der Waals surface area contributed by atoms with Crippen LogP contribution in [-0.2, 0) is 13.6 Å². The van der Waals surface area contributed by atoms with Crippen molar-refractivity contribution in [3.05, 3.63) is 39.1 Å². The number of nitrogens with zero attached hydrogens (tertiary/aromatic N) is 2. The minimum Gasteiger partial charge on any atom is -0.489 e. The van der Waals surface area contributed by atoms with Crippen molar-refractivity contribution in [2.75, 3.05) is 13.2 Å². The third-order valence-corrected chi connectivity index (χ3v) is 4.41. The average Bonchev–Trinajstić information content (AvgIpc) is 2.71. The third-order valence-electron chi connectivity index (χ3n) is 3.69. The molecular formula is C16H17Cl2N3O3. The zero-order chi connectivity index (χ0) is 17.3. The van der Waals surface area contributed by atoms with Gasteiger partial charge in [0.25, 0.3) is 5.91 Å². The second kappa shape index (κ2) is 6.91. The number of halogens is 2. The number of aryl methyl sites for hydroxylation is 2. The molecule has 0 saturated heterocycles. The number of ether oxygens (including phenoxy) is 2. The van der Waals surface area contributed by atoms with Gasteiger partial charge in [-0.2, -0.15) is 5.10 Å². The molecule has 0 radical (unpaired) electrons. The highest BCUT2D eigenvalue weighted by atomic mass is 35.5. The van der Waals surface area contributed by atoms with Gasteiger partial charge in [-0.3, -0.25) is 9.48 Å². The Labute approximate surface area is 149 Å². The lowest BCUT2D eigenvalue weighted by Crippen LogP contribution is -2.23. The van der Waals surface area contributed by atoms with Gasteiger partial charge in [-0.15, -0.1) is 0 Å². The van der Waals surface area contributed by atoms with E-state index in [1.54, 1.807) is 20.0 Å². The fourth-order valence-electron chi connectivity index (χ4n) is 2.54. The Bertz CT molecular complexity index is 789. The van der Waals surface area contributed by atoms with Crippen LogP contribution in [0.5, 0.6) is 11.5 Å². The largest absolute Gasteiger partial charge is 0.489 e. The molecule has 128 valence electrons. The van der Waals surface area contributed by atoms with Gasteiger partial charge in [0, 0.05) is 20.0 Å². The van der Waals surface area contributed by atoms with E-state index in [1.807, 2.05) is 6.07 Å². The fraction of sp³-hybridized carbons (Fsp3) is 0.375. The first-order chi connectivity index (χ1) is 11.5. The summed E-state index contributed by atoms with van der Waals surface area (Å²) in [6, 6.07) is 3.58. The fourth-order valence-corrected chi connectivity index (χ4v) is 3.09. The predicted octanol–water partition coefficient (Wildman–Crippen LogP) is 3.13. The Morgan fingerprint density at radius 2 is 2.08 bits per heavy atom. The monoisotopic (exact) mass is 369 g/mol. The molecule has 0 saturated carbocycles. The van der Waals surface area contributed by atoms with Gasteiger partial charge in [-0.1, -0.05) is 23.2 Å². The zero-order valence-corrected chi connectivity index (χ0v) is 14.9. The summed E-state index contributed by atoms with van der Waals surface area (Å²) < 4.78 is 12.7. The molecule has 0 unspecified atom stereocenters. The van der Waals surface area contributed by atoms with E-state index in [0.717, 1.165) is 12.0 Å². The van der Waals surface area contributed by atoms with Crippen molar-refractivity contribution in [3.63, 3.8) is 0 Å². The van der Waals surface area contributed by atoms with Crippen LogP contribution >= 0.6 is 23.2 Å². The van der Waals surface area contributed by atoms with E-state index in [-0.39, 0.29) is 5.91 Å². The first kappa shape index (κ1) is 16.9. The molecule has 0 atom stereocenters. The summed E-state index contributed by atoms with van der Waals surface area (Å²) >= 11 is 12.4. The second-order valence-electron chi connectivity index (χ2n) is 5.51. The molecule has 0 fully saturated rings. The van der Waals surface area contributed by atoms with Gasteiger partial charge in [0.1, 0.15) is 5.15 Å². The van der Waals surface area contributed by atoms with E-state index >= 15 is 0 Å². The van der Waals surface area contributed by atoms with Gasteiger partial charge in [0.15, 0.2) is 11.5 Å². The number of benzene rings is 1. The van der Waals surface area contributed by atoms with E-state index in [1.165, 1.54) is 4.68 Å². The smallest absolute Gasteiger partial charge is 0.256 e. The molecule has 2 aromatic rings. The van der Waals surface area contributed by atoms with E-state index in [2.05, 4.69) is 10.4 Å². The van der Waals surface area contributed by atoms with Gasteiger partial charge in [0.05, 0.1) is 29.5 Å². The van der Waals surface area contributed by atoms with Crippen molar-refractivity contribution in [3.8, 4) is 11.5 Å². The van der Waals surface area contributed by atoms with Crippen LogP contribution in [-0.4, -0.2) is 28.9 Å². The molecule has 8 heteroatoms. The van der Waals surface area contributed by atoms with Gasteiger partial charge < -0.3 is 14.8 Å². The summed E-state index contributed by atoms with van der Waals surface area (Å²) in [6.45, 7) is 3.18. The Morgan fingerprint density at radius 1 is 1.33 bits per heavy atom. The maximum atomic E-state index is 12.4. The number of hydrogen-bond acceptors (Lipinski definition) is 4. The van der Waals surface area contributed by atoms with Gasteiger partial charge in [0.2, 0.25) is 0 Å². The van der Waals surface area contributed by atoms with Gasteiger partial charge in [-0.25, -0.2) is 0 Å². The lowest BCUT2D eigenvalue weighted by atomic mass is 10.2. The minimum atomic E-state index is -0.283. The molecule has 0 bridgehead atoms. The topological polar surface area (TPSA) is 65.4 Å². The van der Waals surface area contributed by atoms with Crippen LogP contribution in [0, 0.1) is 6.92 Å². The first-order valence-corrected chi connectivity index (χ1v) is 8.28. The Balaban J connectivity index is 1.76. The second-order valence-corrected chi connectivity index (χ2v) is 6.28. The van der Waals surface area contributed by atoms with Crippen LogP contribution < -0.4 is 14.8 Å². The number of nitrogens with one attached hydrogen (secondary N) is 1. The Hall–Kier alpha value is -1.92. The molecular weight excluding hydrogens is 353 g/mol. The molecule has 1 amide bonds. The summed E-state index contributed by atoms with van der Waals surface area (Å²) in [4.78, 5) is 12.4. The van der Waals surface area contributed by atoms with Gasteiger partial charge >= 0.3 is 0 Å². The number of aromatic nitrogens is 2. The number of hydrogen-bond donors (Lipinski definition) is 1.